The minimum Gasteiger partial charge on any atom is -0.444 e. The molecule has 0 fully saturated rings. The number of Topliss-reactive ketones (excluding diaryl/α,β-unsaturated/α-hetero) is 1. The molecule has 1 atom stereocenters. The van der Waals surface area contributed by atoms with Gasteiger partial charge >= 0.3 is 6.09 Å². The fourth-order valence-electron chi connectivity index (χ4n) is 1.96. The number of nitrogens with zero attached hydrogens (tertiary/aromatic N) is 1. The molecule has 0 saturated heterocycles. The summed E-state index contributed by atoms with van der Waals surface area (Å²) in [5.74, 6) is 0.0287. The number of unbranched alkanes of at least 4 members (excludes halogenated alkanes) is 2. The molecule has 1 amide bonds. The molecule has 0 aliphatic rings. The molecule has 0 spiro atoms. The quantitative estimate of drug-likeness (QED) is 0.663. The Morgan fingerprint density at radius 2 is 1.70 bits per heavy atom. The molecule has 0 aromatic rings. The zero-order valence-electron chi connectivity index (χ0n) is 14.2. The van der Waals surface area contributed by atoms with E-state index in [-0.39, 0.29) is 17.7 Å². The van der Waals surface area contributed by atoms with E-state index in [1.165, 1.54) is 4.90 Å². The largest absolute Gasteiger partial charge is 0.444 e. The van der Waals surface area contributed by atoms with Crippen molar-refractivity contribution in [2.45, 2.75) is 78.9 Å². The molecular formula is C16H31NO3. The van der Waals surface area contributed by atoms with Crippen LogP contribution in [0.2, 0.25) is 0 Å². The zero-order chi connectivity index (χ0) is 15.9. The number of amides is 1. The van der Waals surface area contributed by atoms with Gasteiger partial charge in [-0.2, -0.15) is 0 Å². The molecule has 4 nitrogen and oxygen atoms in total. The van der Waals surface area contributed by atoms with E-state index in [1.807, 2.05) is 34.6 Å². The first-order valence-electron chi connectivity index (χ1n) is 7.59. The average molecular weight is 285 g/mol. The van der Waals surface area contributed by atoms with Gasteiger partial charge in [0.2, 0.25) is 0 Å². The fraction of sp³-hybridized carbons (Fsp3) is 0.875. The van der Waals surface area contributed by atoms with Crippen molar-refractivity contribution in [1.29, 1.82) is 0 Å². The van der Waals surface area contributed by atoms with E-state index in [4.69, 9.17) is 4.74 Å². The van der Waals surface area contributed by atoms with Crippen molar-refractivity contribution in [2.24, 2.45) is 5.92 Å². The van der Waals surface area contributed by atoms with Gasteiger partial charge < -0.3 is 9.64 Å². The second-order valence-electron chi connectivity index (χ2n) is 6.66. The summed E-state index contributed by atoms with van der Waals surface area (Å²) in [5, 5.41) is 0. The van der Waals surface area contributed by atoms with Crippen molar-refractivity contribution in [3.05, 3.63) is 0 Å². The van der Waals surface area contributed by atoms with Crippen LogP contribution in [0.15, 0.2) is 0 Å². The van der Waals surface area contributed by atoms with Gasteiger partial charge in [-0.25, -0.2) is 4.79 Å². The van der Waals surface area contributed by atoms with Gasteiger partial charge in [0.1, 0.15) is 5.60 Å². The molecule has 0 unspecified atom stereocenters. The molecule has 0 aromatic carbocycles. The zero-order valence-corrected chi connectivity index (χ0v) is 14.2. The van der Waals surface area contributed by atoms with Gasteiger partial charge in [-0.3, -0.25) is 4.79 Å². The van der Waals surface area contributed by atoms with Crippen molar-refractivity contribution in [3.8, 4) is 0 Å². The van der Waals surface area contributed by atoms with E-state index in [9.17, 15) is 9.59 Å². The van der Waals surface area contributed by atoms with Crippen molar-refractivity contribution in [2.75, 3.05) is 7.05 Å². The van der Waals surface area contributed by atoms with E-state index >= 15 is 0 Å². The second-order valence-corrected chi connectivity index (χ2v) is 6.66. The minimum atomic E-state index is -0.541. The Morgan fingerprint density at radius 1 is 1.15 bits per heavy atom. The predicted octanol–water partition coefficient (Wildman–Crippen LogP) is 4.03. The van der Waals surface area contributed by atoms with E-state index in [0.29, 0.717) is 6.42 Å². The van der Waals surface area contributed by atoms with Crippen LogP contribution in [0.1, 0.15) is 67.2 Å². The molecule has 20 heavy (non-hydrogen) atoms. The highest BCUT2D eigenvalue weighted by atomic mass is 16.6. The van der Waals surface area contributed by atoms with Crippen molar-refractivity contribution >= 4 is 11.9 Å². The third-order valence-corrected chi connectivity index (χ3v) is 3.13. The van der Waals surface area contributed by atoms with Gasteiger partial charge in [0.05, 0.1) is 6.04 Å². The summed E-state index contributed by atoms with van der Waals surface area (Å²) in [5.41, 5.74) is -0.541. The number of hydrogen-bond donors (Lipinski definition) is 0. The number of rotatable bonds is 7. The summed E-state index contributed by atoms with van der Waals surface area (Å²) < 4.78 is 5.35. The molecule has 0 aliphatic carbocycles. The smallest absolute Gasteiger partial charge is 0.410 e. The SMILES string of the molecule is CCCCC[C@H](C(=O)C(C)C)N(C)C(=O)OC(C)(C)C. The molecule has 4 heteroatoms. The monoisotopic (exact) mass is 285 g/mol. The van der Waals surface area contributed by atoms with E-state index < -0.39 is 11.7 Å². The normalized spacial score (nSPS) is 13.2. The lowest BCUT2D eigenvalue weighted by molar-refractivity contribution is -0.127. The lowest BCUT2D eigenvalue weighted by atomic mass is 9.96. The van der Waals surface area contributed by atoms with Gasteiger partial charge in [-0.1, -0.05) is 40.0 Å². The molecule has 0 rings (SSSR count). The Labute approximate surface area is 123 Å². The highest BCUT2D eigenvalue weighted by molar-refractivity contribution is 5.88. The Morgan fingerprint density at radius 3 is 2.10 bits per heavy atom. The molecule has 0 bridgehead atoms. The Balaban J connectivity index is 4.82. The van der Waals surface area contributed by atoms with E-state index in [2.05, 4.69) is 6.92 Å². The lowest BCUT2D eigenvalue weighted by Gasteiger charge is -2.31. The maximum atomic E-state index is 12.3. The highest BCUT2D eigenvalue weighted by Gasteiger charge is 2.30. The third kappa shape index (κ3) is 6.92. The number of ether oxygens (including phenoxy) is 1. The molecule has 0 heterocycles. The molecule has 0 radical (unpaired) electrons. The third-order valence-electron chi connectivity index (χ3n) is 3.13. The Hall–Kier alpha value is -1.06. The van der Waals surface area contributed by atoms with Crippen LogP contribution in [0, 0.1) is 5.92 Å². The number of carbonyl (C=O) groups excluding carboxylic acids is 2. The first-order valence-corrected chi connectivity index (χ1v) is 7.59. The van der Waals surface area contributed by atoms with Crippen LogP contribution in [0.3, 0.4) is 0 Å². The number of carbonyl (C=O) groups is 2. The highest BCUT2D eigenvalue weighted by Crippen LogP contribution is 2.17. The van der Waals surface area contributed by atoms with Gasteiger partial charge in [0.15, 0.2) is 5.78 Å². The lowest BCUT2D eigenvalue weighted by Crippen LogP contribution is -2.46. The average Bonchev–Trinajstić information content (AvgIpc) is 2.31. The maximum Gasteiger partial charge on any atom is 0.410 e. The molecule has 118 valence electrons. The number of ketones is 1. The van der Waals surface area contributed by atoms with Crippen LogP contribution in [0.5, 0.6) is 0 Å². The molecular weight excluding hydrogens is 254 g/mol. The van der Waals surface area contributed by atoms with Crippen LogP contribution in [0.4, 0.5) is 4.79 Å². The second kappa shape index (κ2) is 8.28. The number of likely N-dealkylation sites (N-methyl/N-ethyl adjacent to an activating group) is 1. The standard InChI is InChI=1S/C16H31NO3/c1-8-9-10-11-13(14(18)12(2)3)17(7)15(19)20-16(4,5)6/h12-13H,8-11H2,1-7H3/t13-/m1/s1. The molecule has 0 N–H and O–H groups in total. The number of hydrogen-bond acceptors (Lipinski definition) is 3. The van der Waals surface area contributed by atoms with Crippen molar-refractivity contribution < 1.29 is 14.3 Å². The summed E-state index contributed by atoms with van der Waals surface area (Å²) in [7, 11) is 1.66. The van der Waals surface area contributed by atoms with Crippen LogP contribution in [-0.4, -0.2) is 35.5 Å². The molecule has 0 aliphatic heterocycles. The van der Waals surface area contributed by atoms with Crippen LogP contribution < -0.4 is 0 Å². The van der Waals surface area contributed by atoms with Crippen molar-refractivity contribution in [3.63, 3.8) is 0 Å². The summed E-state index contributed by atoms with van der Waals surface area (Å²) in [4.78, 5) is 25.9. The molecule has 0 aromatic heterocycles. The summed E-state index contributed by atoms with van der Waals surface area (Å²) >= 11 is 0. The van der Waals surface area contributed by atoms with Crippen molar-refractivity contribution in [1.82, 2.24) is 4.90 Å². The summed E-state index contributed by atoms with van der Waals surface area (Å²) in [6, 6.07) is -0.378. The molecule has 0 saturated carbocycles. The van der Waals surface area contributed by atoms with E-state index in [0.717, 1.165) is 19.3 Å². The fourth-order valence-corrected chi connectivity index (χ4v) is 1.96. The summed E-state index contributed by atoms with van der Waals surface area (Å²) in [6.07, 6.45) is 3.41. The Kier molecular flexibility index (Phi) is 7.84. The van der Waals surface area contributed by atoms with Crippen LogP contribution >= 0.6 is 0 Å². The Bertz CT molecular complexity index is 318. The maximum absolute atomic E-state index is 12.3. The minimum absolute atomic E-state index is 0.0773. The summed E-state index contributed by atoms with van der Waals surface area (Å²) in [6.45, 7) is 11.4. The first-order chi connectivity index (χ1) is 9.10. The van der Waals surface area contributed by atoms with E-state index in [1.54, 1.807) is 7.05 Å². The first kappa shape index (κ1) is 18.9. The predicted molar refractivity (Wildman–Crippen MR) is 81.8 cm³/mol. The van der Waals surface area contributed by atoms with Crippen LogP contribution in [-0.2, 0) is 9.53 Å². The van der Waals surface area contributed by atoms with Crippen LogP contribution in [0.25, 0.3) is 0 Å². The van der Waals surface area contributed by atoms with Gasteiger partial charge in [0, 0.05) is 13.0 Å². The van der Waals surface area contributed by atoms with Gasteiger partial charge in [-0.05, 0) is 27.2 Å². The van der Waals surface area contributed by atoms with Gasteiger partial charge in [0.25, 0.3) is 0 Å². The topological polar surface area (TPSA) is 46.6 Å². The van der Waals surface area contributed by atoms with Gasteiger partial charge in [-0.15, -0.1) is 0 Å².